The van der Waals surface area contributed by atoms with E-state index < -0.39 is 0 Å². The van der Waals surface area contributed by atoms with Crippen molar-refractivity contribution in [2.45, 2.75) is 6.92 Å². The molecule has 20 heavy (non-hydrogen) atoms. The van der Waals surface area contributed by atoms with Crippen molar-refractivity contribution in [2.75, 3.05) is 6.54 Å². The minimum absolute atomic E-state index is 0.208. The number of aromatic nitrogens is 2. The van der Waals surface area contributed by atoms with E-state index in [9.17, 15) is 9.18 Å². The predicted molar refractivity (Wildman–Crippen MR) is 74.2 cm³/mol. The van der Waals surface area contributed by atoms with Crippen molar-refractivity contribution < 1.29 is 13.9 Å². The monoisotopic (exact) mass is 339 g/mol. The van der Waals surface area contributed by atoms with Crippen molar-refractivity contribution in [2.24, 2.45) is 0 Å². The molecule has 0 aliphatic carbocycles. The van der Waals surface area contributed by atoms with Gasteiger partial charge < -0.3 is 10.1 Å². The largest absolute Gasteiger partial charge is 0.437 e. The van der Waals surface area contributed by atoms with Gasteiger partial charge in [-0.3, -0.25) is 4.79 Å². The van der Waals surface area contributed by atoms with Crippen molar-refractivity contribution >= 4 is 21.8 Å². The SMILES string of the molecule is CCNC(=O)c1ccc(Oc2ccc(F)c(Br)c2)nn1. The van der Waals surface area contributed by atoms with Crippen LogP contribution >= 0.6 is 15.9 Å². The second-order valence-corrected chi connectivity index (χ2v) is 4.65. The number of rotatable bonds is 4. The smallest absolute Gasteiger partial charge is 0.271 e. The number of nitrogens with one attached hydrogen (secondary N) is 1. The lowest BCUT2D eigenvalue weighted by molar-refractivity contribution is 0.0949. The molecule has 104 valence electrons. The Labute approximate surface area is 123 Å². The average Bonchev–Trinajstić information content (AvgIpc) is 2.44. The van der Waals surface area contributed by atoms with Gasteiger partial charge in [-0.1, -0.05) is 0 Å². The van der Waals surface area contributed by atoms with Crippen LogP contribution in [-0.2, 0) is 0 Å². The highest BCUT2D eigenvalue weighted by Gasteiger charge is 2.08. The van der Waals surface area contributed by atoms with Gasteiger partial charge in [-0.05, 0) is 47.1 Å². The molecule has 0 aliphatic heterocycles. The summed E-state index contributed by atoms with van der Waals surface area (Å²) in [4.78, 5) is 11.5. The molecule has 0 spiro atoms. The Balaban J connectivity index is 2.10. The molecule has 1 aromatic heterocycles. The van der Waals surface area contributed by atoms with Gasteiger partial charge in [0.15, 0.2) is 5.69 Å². The highest BCUT2D eigenvalue weighted by molar-refractivity contribution is 9.10. The Morgan fingerprint density at radius 3 is 2.75 bits per heavy atom. The molecule has 1 amide bonds. The van der Waals surface area contributed by atoms with Gasteiger partial charge in [0.2, 0.25) is 5.88 Å². The van der Waals surface area contributed by atoms with E-state index in [4.69, 9.17) is 4.74 Å². The van der Waals surface area contributed by atoms with E-state index in [0.29, 0.717) is 16.8 Å². The van der Waals surface area contributed by atoms with Gasteiger partial charge in [0.25, 0.3) is 5.91 Å². The third-order valence-corrected chi connectivity index (χ3v) is 2.93. The third kappa shape index (κ3) is 3.51. The minimum atomic E-state index is -0.380. The molecule has 2 aromatic rings. The summed E-state index contributed by atoms with van der Waals surface area (Å²) in [5, 5.41) is 10.2. The molecule has 0 unspecified atom stereocenters. The zero-order valence-electron chi connectivity index (χ0n) is 10.6. The summed E-state index contributed by atoms with van der Waals surface area (Å²) in [7, 11) is 0. The maximum Gasteiger partial charge on any atom is 0.271 e. The molecule has 5 nitrogen and oxygen atoms in total. The van der Waals surface area contributed by atoms with Gasteiger partial charge >= 0.3 is 0 Å². The summed E-state index contributed by atoms with van der Waals surface area (Å²) in [6, 6.07) is 7.25. The third-order valence-electron chi connectivity index (χ3n) is 2.32. The van der Waals surface area contributed by atoms with Crippen LogP contribution in [0, 0.1) is 5.82 Å². The zero-order valence-corrected chi connectivity index (χ0v) is 12.1. The Morgan fingerprint density at radius 1 is 1.35 bits per heavy atom. The number of hydrogen-bond acceptors (Lipinski definition) is 4. The quantitative estimate of drug-likeness (QED) is 0.930. The van der Waals surface area contributed by atoms with Crippen molar-refractivity contribution in [3.05, 3.63) is 46.3 Å². The van der Waals surface area contributed by atoms with Crippen LogP contribution in [0.2, 0.25) is 0 Å². The Hall–Kier alpha value is -2.02. The second kappa shape index (κ2) is 6.42. The number of nitrogens with zero attached hydrogens (tertiary/aromatic N) is 2. The Kier molecular flexibility index (Phi) is 4.62. The topological polar surface area (TPSA) is 64.1 Å². The number of hydrogen-bond donors (Lipinski definition) is 1. The summed E-state index contributed by atoms with van der Waals surface area (Å²) in [5.41, 5.74) is 0.208. The lowest BCUT2D eigenvalue weighted by Crippen LogP contribution is -2.23. The van der Waals surface area contributed by atoms with Crippen molar-refractivity contribution in [1.82, 2.24) is 15.5 Å². The van der Waals surface area contributed by atoms with Gasteiger partial charge in [-0.25, -0.2) is 4.39 Å². The van der Waals surface area contributed by atoms with E-state index in [-0.39, 0.29) is 23.3 Å². The van der Waals surface area contributed by atoms with E-state index in [0.717, 1.165) is 0 Å². The molecule has 1 N–H and O–H groups in total. The molecule has 7 heteroatoms. The molecule has 0 radical (unpaired) electrons. The summed E-state index contributed by atoms with van der Waals surface area (Å²) in [5.74, 6) is -0.0408. The lowest BCUT2D eigenvalue weighted by atomic mass is 10.3. The number of amides is 1. The van der Waals surface area contributed by atoms with Gasteiger partial charge in [-0.2, -0.15) is 0 Å². The predicted octanol–water partition coefficient (Wildman–Crippen LogP) is 2.92. The molecule has 2 rings (SSSR count). The number of carbonyl (C=O) groups is 1. The molecule has 0 atom stereocenters. The van der Waals surface area contributed by atoms with Gasteiger partial charge in [0.05, 0.1) is 4.47 Å². The normalized spacial score (nSPS) is 10.2. The average molecular weight is 340 g/mol. The summed E-state index contributed by atoms with van der Waals surface area (Å²) in [6.07, 6.45) is 0. The van der Waals surface area contributed by atoms with Gasteiger partial charge in [0.1, 0.15) is 11.6 Å². The van der Waals surface area contributed by atoms with Crippen molar-refractivity contribution in [3.63, 3.8) is 0 Å². The van der Waals surface area contributed by atoms with E-state index >= 15 is 0 Å². The fraction of sp³-hybridized carbons (Fsp3) is 0.154. The molecule has 0 saturated carbocycles. The molecular weight excluding hydrogens is 329 g/mol. The van der Waals surface area contributed by atoms with Gasteiger partial charge in [-0.15, -0.1) is 10.2 Å². The molecule has 1 aromatic carbocycles. The zero-order chi connectivity index (χ0) is 14.5. The first-order valence-electron chi connectivity index (χ1n) is 5.85. The summed E-state index contributed by atoms with van der Waals surface area (Å²) >= 11 is 3.06. The molecule has 0 aliphatic rings. The number of benzene rings is 1. The number of ether oxygens (including phenoxy) is 1. The van der Waals surface area contributed by atoms with Crippen LogP contribution in [0.15, 0.2) is 34.8 Å². The first-order chi connectivity index (χ1) is 9.60. The highest BCUT2D eigenvalue weighted by atomic mass is 79.9. The molecule has 0 saturated heterocycles. The van der Waals surface area contributed by atoms with Crippen molar-refractivity contribution in [3.8, 4) is 11.6 Å². The highest BCUT2D eigenvalue weighted by Crippen LogP contribution is 2.25. The fourth-order valence-corrected chi connectivity index (χ4v) is 1.77. The van der Waals surface area contributed by atoms with Crippen LogP contribution in [-0.4, -0.2) is 22.6 Å². The fourth-order valence-electron chi connectivity index (χ4n) is 1.41. The summed E-state index contributed by atoms with van der Waals surface area (Å²) < 4.78 is 18.8. The van der Waals surface area contributed by atoms with E-state index in [1.165, 1.54) is 30.3 Å². The molecule has 1 heterocycles. The molecular formula is C13H11BrFN3O2. The van der Waals surface area contributed by atoms with Crippen LogP contribution in [0.1, 0.15) is 17.4 Å². The molecule has 0 bridgehead atoms. The number of carbonyl (C=O) groups excluding carboxylic acids is 1. The van der Waals surface area contributed by atoms with Crippen LogP contribution in [0.3, 0.4) is 0 Å². The second-order valence-electron chi connectivity index (χ2n) is 3.79. The minimum Gasteiger partial charge on any atom is -0.437 e. The summed E-state index contributed by atoms with van der Waals surface area (Å²) in [6.45, 7) is 2.33. The van der Waals surface area contributed by atoms with Crippen LogP contribution < -0.4 is 10.1 Å². The number of halogens is 2. The Morgan fingerprint density at radius 2 is 2.15 bits per heavy atom. The van der Waals surface area contributed by atoms with E-state index in [1.807, 2.05) is 6.92 Å². The first-order valence-corrected chi connectivity index (χ1v) is 6.64. The maximum absolute atomic E-state index is 13.1. The Bertz CT molecular complexity index is 620. The van der Waals surface area contributed by atoms with Crippen LogP contribution in [0.25, 0.3) is 0 Å². The van der Waals surface area contributed by atoms with Crippen molar-refractivity contribution in [1.29, 1.82) is 0 Å². The maximum atomic E-state index is 13.1. The molecule has 0 fully saturated rings. The standard InChI is InChI=1S/C13H11BrFN3O2/c1-2-16-13(19)11-5-6-12(18-17-11)20-8-3-4-10(15)9(14)7-8/h3-7H,2H2,1H3,(H,16,19). The lowest BCUT2D eigenvalue weighted by Gasteiger charge is -2.05. The van der Waals surface area contributed by atoms with Crippen LogP contribution in [0.5, 0.6) is 11.6 Å². The van der Waals surface area contributed by atoms with Crippen LogP contribution in [0.4, 0.5) is 4.39 Å². The van der Waals surface area contributed by atoms with Gasteiger partial charge in [0, 0.05) is 12.6 Å². The first kappa shape index (κ1) is 14.4. The van der Waals surface area contributed by atoms with E-state index in [2.05, 4.69) is 31.4 Å². The van der Waals surface area contributed by atoms with E-state index in [1.54, 1.807) is 0 Å².